The first-order valence-corrected chi connectivity index (χ1v) is 6.80. The summed E-state index contributed by atoms with van der Waals surface area (Å²) in [6.45, 7) is 1.59. The average molecular weight is 346 g/mol. The fraction of sp³-hybridized carbons (Fsp3) is 0.462. The van der Waals surface area contributed by atoms with Crippen molar-refractivity contribution in [1.29, 1.82) is 0 Å². The first-order valence-electron chi connectivity index (χ1n) is 6.80. The minimum Gasteiger partial charge on any atom is -0.368 e. The molecule has 122 valence electrons. The van der Waals surface area contributed by atoms with Crippen molar-refractivity contribution in [1.82, 2.24) is 19.5 Å². The molecule has 3 rings (SSSR count). The number of anilines is 2. The molecule has 2 heterocycles. The van der Waals surface area contributed by atoms with Crippen molar-refractivity contribution in [2.75, 3.05) is 17.6 Å². The van der Waals surface area contributed by atoms with Gasteiger partial charge in [0.1, 0.15) is 5.82 Å². The van der Waals surface area contributed by atoms with Crippen molar-refractivity contribution in [2.45, 2.75) is 31.3 Å². The molecule has 0 aliphatic heterocycles. The van der Waals surface area contributed by atoms with Gasteiger partial charge in [-0.3, -0.25) is 0 Å². The molecule has 7 nitrogen and oxygen atoms in total. The third kappa shape index (κ3) is 4.46. The largest absolute Gasteiger partial charge is 0.368 e. The number of nitrogens with zero attached hydrogens (tertiary/aromatic N) is 4. The molecule has 0 unspecified atom stereocenters. The summed E-state index contributed by atoms with van der Waals surface area (Å²) in [5.41, 5.74) is 12.6. The molecule has 9 heteroatoms. The quantitative estimate of drug-likeness (QED) is 0.756. The van der Waals surface area contributed by atoms with E-state index < -0.39 is 0 Å². The highest BCUT2D eigenvalue weighted by molar-refractivity contribution is 5.85. The highest BCUT2D eigenvalue weighted by Gasteiger charge is 2.28. The Morgan fingerprint density at radius 3 is 2.68 bits per heavy atom. The van der Waals surface area contributed by atoms with Crippen LogP contribution in [0.2, 0.25) is 0 Å². The van der Waals surface area contributed by atoms with Gasteiger partial charge in [-0.05, 0) is 12.8 Å². The van der Waals surface area contributed by atoms with Crippen molar-refractivity contribution < 1.29 is 0 Å². The maximum atomic E-state index is 5.82. The molecule has 1 saturated carbocycles. The van der Waals surface area contributed by atoms with Crippen LogP contribution in [-0.4, -0.2) is 32.1 Å². The predicted octanol–water partition coefficient (Wildman–Crippen LogP) is 1.42. The summed E-state index contributed by atoms with van der Waals surface area (Å²) in [4.78, 5) is 12.5. The van der Waals surface area contributed by atoms with Crippen LogP contribution in [0.5, 0.6) is 0 Å². The number of rotatable bonds is 5. The van der Waals surface area contributed by atoms with E-state index in [0.717, 1.165) is 37.4 Å². The second kappa shape index (κ2) is 8.17. The lowest BCUT2D eigenvalue weighted by atomic mass is 9.78. The van der Waals surface area contributed by atoms with Gasteiger partial charge in [-0.2, -0.15) is 4.98 Å². The van der Waals surface area contributed by atoms with Gasteiger partial charge in [-0.1, -0.05) is 0 Å². The molecule has 0 spiro atoms. The van der Waals surface area contributed by atoms with Crippen LogP contribution in [0.1, 0.15) is 24.5 Å². The number of hydrogen-bond donors (Lipinski definition) is 3. The number of halogens is 2. The van der Waals surface area contributed by atoms with Gasteiger partial charge in [0.15, 0.2) is 0 Å². The first-order chi connectivity index (χ1) is 9.70. The Morgan fingerprint density at radius 2 is 2.05 bits per heavy atom. The molecule has 22 heavy (non-hydrogen) atoms. The zero-order chi connectivity index (χ0) is 13.9. The second-order valence-corrected chi connectivity index (χ2v) is 5.19. The van der Waals surface area contributed by atoms with Gasteiger partial charge in [0.25, 0.3) is 0 Å². The standard InChI is InChI=1S/C13H19N7.2ClH/c14-10-5-9(6-10)11-7-12(19-13(15)18-11)17-2-4-20-3-1-16-8-20;;/h1,3,7-10H,2,4-6,14H2,(H3,15,17,18,19);2*1H. The Hall–Kier alpha value is -1.57. The summed E-state index contributed by atoms with van der Waals surface area (Å²) in [5, 5.41) is 3.27. The number of aromatic nitrogens is 4. The van der Waals surface area contributed by atoms with Crippen molar-refractivity contribution in [3.05, 3.63) is 30.5 Å². The maximum absolute atomic E-state index is 5.82. The van der Waals surface area contributed by atoms with Crippen LogP contribution >= 0.6 is 24.8 Å². The van der Waals surface area contributed by atoms with E-state index in [9.17, 15) is 0 Å². The maximum Gasteiger partial charge on any atom is 0.222 e. The minimum atomic E-state index is 0. The van der Waals surface area contributed by atoms with E-state index in [2.05, 4.69) is 20.3 Å². The van der Waals surface area contributed by atoms with Crippen molar-refractivity contribution in [3.8, 4) is 0 Å². The van der Waals surface area contributed by atoms with Crippen LogP contribution in [0, 0.1) is 0 Å². The van der Waals surface area contributed by atoms with Gasteiger partial charge >= 0.3 is 0 Å². The van der Waals surface area contributed by atoms with Crippen LogP contribution in [0.4, 0.5) is 11.8 Å². The fourth-order valence-electron chi connectivity index (χ4n) is 2.42. The van der Waals surface area contributed by atoms with E-state index in [4.69, 9.17) is 11.5 Å². The average Bonchev–Trinajstić information content (AvgIpc) is 2.87. The number of nitrogens with two attached hydrogens (primary N) is 2. The lowest BCUT2D eigenvalue weighted by molar-refractivity contribution is 0.345. The molecule has 0 atom stereocenters. The molecule has 0 saturated heterocycles. The number of hydrogen-bond acceptors (Lipinski definition) is 6. The Labute approximate surface area is 141 Å². The molecular formula is C13H21Cl2N7. The summed E-state index contributed by atoms with van der Waals surface area (Å²) >= 11 is 0. The molecule has 1 fully saturated rings. The van der Waals surface area contributed by atoms with E-state index in [1.54, 1.807) is 12.5 Å². The van der Waals surface area contributed by atoms with Crippen LogP contribution < -0.4 is 16.8 Å². The molecule has 0 bridgehead atoms. The van der Waals surface area contributed by atoms with E-state index in [1.807, 2.05) is 16.8 Å². The van der Waals surface area contributed by atoms with Crippen molar-refractivity contribution in [2.24, 2.45) is 5.73 Å². The topological polar surface area (TPSA) is 108 Å². The molecule has 0 aromatic carbocycles. The van der Waals surface area contributed by atoms with Gasteiger partial charge in [0, 0.05) is 43.5 Å². The Morgan fingerprint density at radius 1 is 1.27 bits per heavy atom. The predicted molar refractivity (Wildman–Crippen MR) is 91.6 cm³/mol. The molecule has 0 radical (unpaired) electrons. The van der Waals surface area contributed by atoms with Crippen molar-refractivity contribution in [3.63, 3.8) is 0 Å². The highest BCUT2D eigenvalue weighted by Crippen LogP contribution is 2.35. The third-order valence-electron chi connectivity index (χ3n) is 3.59. The zero-order valence-corrected chi connectivity index (χ0v) is 13.7. The number of imidazole rings is 1. The Kier molecular flexibility index (Phi) is 6.86. The first kappa shape index (κ1) is 18.5. The fourth-order valence-corrected chi connectivity index (χ4v) is 2.42. The lowest BCUT2D eigenvalue weighted by Crippen LogP contribution is -2.35. The summed E-state index contributed by atoms with van der Waals surface area (Å²) in [5.74, 6) is 1.51. The Bertz CT molecular complexity index is 570. The zero-order valence-electron chi connectivity index (χ0n) is 12.1. The summed E-state index contributed by atoms with van der Waals surface area (Å²) in [6.07, 6.45) is 7.44. The molecular weight excluding hydrogens is 325 g/mol. The van der Waals surface area contributed by atoms with Gasteiger partial charge < -0.3 is 21.4 Å². The molecule has 2 aromatic rings. The number of nitrogen functional groups attached to an aromatic ring is 1. The normalized spacial score (nSPS) is 19.5. The van der Waals surface area contributed by atoms with Crippen LogP contribution in [0.3, 0.4) is 0 Å². The van der Waals surface area contributed by atoms with Crippen LogP contribution in [-0.2, 0) is 6.54 Å². The van der Waals surface area contributed by atoms with Crippen molar-refractivity contribution >= 4 is 36.6 Å². The third-order valence-corrected chi connectivity index (χ3v) is 3.59. The molecule has 1 aliphatic rings. The monoisotopic (exact) mass is 345 g/mol. The van der Waals surface area contributed by atoms with Crippen LogP contribution in [0.25, 0.3) is 0 Å². The highest BCUT2D eigenvalue weighted by atomic mass is 35.5. The van der Waals surface area contributed by atoms with E-state index in [1.165, 1.54) is 0 Å². The summed E-state index contributed by atoms with van der Waals surface area (Å²) in [6, 6.07) is 2.27. The van der Waals surface area contributed by atoms with Crippen LogP contribution in [0.15, 0.2) is 24.8 Å². The van der Waals surface area contributed by atoms with E-state index in [-0.39, 0.29) is 24.8 Å². The van der Waals surface area contributed by atoms with Gasteiger partial charge in [0.2, 0.25) is 5.95 Å². The minimum absolute atomic E-state index is 0. The van der Waals surface area contributed by atoms with Gasteiger partial charge in [-0.15, -0.1) is 24.8 Å². The number of nitrogens with one attached hydrogen (secondary N) is 1. The summed E-state index contributed by atoms with van der Waals surface area (Å²) < 4.78 is 2.00. The van der Waals surface area contributed by atoms with E-state index in [0.29, 0.717) is 17.9 Å². The van der Waals surface area contributed by atoms with Gasteiger partial charge in [-0.25, -0.2) is 9.97 Å². The summed E-state index contributed by atoms with van der Waals surface area (Å²) in [7, 11) is 0. The molecule has 2 aromatic heterocycles. The smallest absolute Gasteiger partial charge is 0.222 e. The Balaban J connectivity index is 0.00000121. The SMILES string of the molecule is Cl.Cl.Nc1nc(NCCn2ccnc2)cc(C2CC(N)C2)n1. The van der Waals surface area contributed by atoms with Gasteiger partial charge in [0.05, 0.1) is 12.0 Å². The second-order valence-electron chi connectivity index (χ2n) is 5.19. The molecule has 1 aliphatic carbocycles. The lowest BCUT2D eigenvalue weighted by Gasteiger charge is -2.32. The van der Waals surface area contributed by atoms with E-state index >= 15 is 0 Å². The molecule has 0 amide bonds. The molecule has 5 N–H and O–H groups in total.